The number of aryl methyl sites for hydroxylation is 1. The Morgan fingerprint density at radius 2 is 1.90 bits per heavy atom. The molecule has 0 aliphatic carbocycles. The van der Waals surface area contributed by atoms with Gasteiger partial charge in [0, 0.05) is 12.0 Å². The Labute approximate surface area is 126 Å². The topological polar surface area (TPSA) is 55.4 Å². The molecule has 4 nitrogen and oxygen atoms in total. The molecule has 1 amide bonds. The predicted octanol–water partition coefficient (Wildman–Crippen LogP) is 3.49. The van der Waals surface area contributed by atoms with Crippen LogP contribution in [-0.2, 0) is 16.0 Å². The number of rotatable bonds is 7. The minimum absolute atomic E-state index is 0.238. The average molecular weight is 291 g/mol. The Balaban J connectivity index is 2.50. The molecule has 1 atom stereocenters. The van der Waals surface area contributed by atoms with Gasteiger partial charge in [-0.2, -0.15) is 0 Å². The molecule has 0 aliphatic heterocycles. The maximum atomic E-state index is 11.8. The second-order valence-corrected chi connectivity index (χ2v) is 6.17. The first kappa shape index (κ1) is 17.2. The van der Waals surface area contributed by atoms with Crippen molar-refractivity contribution in [2.24, 2.45) is 0 Å². The summed E-state index contributed by atoms with van der Waals surface area (Å²) in [5, 5.41) is 2.77. The minimum atomic E-state index is -0.425. The Kier molecular flexibility index (Phi) is 6.92. The van der Waals surface area contributed by atoms with Crippen LogP contribution in [-0.4, -0.2) is 24.0 Å². The van der Waals surface area contributed by atoms with E-state index in [1.54, 1.807) is 0 Å². The molecule has 1 rings (SSSR count). The van der Waals surface area contributed by atoms with Crippen LogP contribution in [0.3, 0.4) is 0 Å². The number of hydrogen-bond acceptors (Lipinski definition) is 3. The first-order chi connectivity index (χ1) is 9.90. The highest BCUT2D eigenvalue weighted by Crippen LogP contribution is 2.12. The molecule has 0 aliphatic rings. The van der Waals surface area contributed by atoms with Gasteiger partial charge in [0.2, 0.25) is 0 Å². The van der Waals surface area contributed by atoms with E-state index in [0.29, 0.717) is 12.8 Å². The van der Waals surface area contributed by atoms with Gasteiger partial charge in [-0.15, -0.1) is 0 Å². The summed E-state index contributed by atoms with van der Waals surface area (Å²) in [4.78, 5) is 22.4. The van der Waals surface area contributed by atoms with Gasteiger partial charge in [0.15, 0.2) is 0 Å². The minimum Gasteiger partial charge on any atom is -0.446 e. The standard InChI is InChI=1S/C17H25NO3/c1-17(2,3)18-16(20)21-15(10-7-13-19)12-11-14-8-5-4-6-9-14/h4-6,8-9,13,15H,7,10-12H2,1-3H3,(H,18,20). The zero-order valence-electron chi connectivity index (χ0n) is 13.1. The Bertz CT molecular complexity index is 437. The molecule has 0 heterocycles. The van der Waals surface area contributed by atoms with E-state index in [-0.39, 0.29) is 11.6 Å². The number of aldehydes is 1. The molecule has 1 aromatic rings. The molecule has 0 radical (unpaired) electrons. The van der Waals surface area contributed by atoms with Crippen LogP contribution in [0.4, 0.5) is 4.79 Å². The number of carbonyl (C=O) groups is 2. The summed E-state index contributed by atoms with van der Waals surface area (Å²) >= 11 is 0. The van der Waals surface area contributed by atoms with Crippen molar-refractivity contribution in [3.05, 3.63) is 35.9 Å². The number of benzene rings is 1. The summed E-state index contributed by atoms with van der Waals surface area (Å²) in [5.41, 5.74) is 0.875. The molecule has 0 saturated heterocycles. The van der Waals surface area contributed by atoms with Crippen LogP contribution in [0, 0.1) is 0 Å². The van der Waals surface area contributed by atoms with E-state index in [0.717, 1.165) is 19.1 Å². The Morgan fingerprint density at radius 1 is 1.24 bits per heavy atom. The van der Waals surface area contributed by atoms with E-state index in [4.69, 9.17) is 4.74 Å². The largest absolute Gasteiger partial charge is 0.446 e. The van der Waals surface area contributed by atoms with Gasteiger partial charge in [0.1, 0.15) is 12.4 Å². The van der Waals surface area contributed by atoms with E-state index < -0.39 is 6.09 Å². The predicted molar refractivity (Wildman–Crippen MR) is 83.2 cm³/mol. The number of ether oxygens (including phenoxy) is 1. The molecule has 0 saturated carbocycles. The number of hydrogen-bond donors (Lipinski definition) is 1. The van der Waals surface area contributed by atoms with Crippen molar-refractivity contribution in [3.8, 4) is 0 Å². The quantitative estimate of drug-likeness (QED) is 0.782. The molecule has 116 valence electrons. The summed E-state index contributed by atoms with van der Waals surface area (Å²) < 4.78 is 5.44. The fourth-order valence-electron chi connectivity index (χ4n) is 1.98. The fraction of sp³-hybridized carbons (Fsp3) is 0.529. The van der Waals surface area contributed by atoms with Gasteiger partial charge in [-0.05, 0) is 45.6 Å². The Hall–Kier alpha value is -1.84. The summed E-state index contributed by atoms with van der Waals surface area (Å²) in [5.74, 6) is 0. The van der Waals surface area contributed by atoms with Gasteiger partial charge in [-0.3, -0.25) is 0 Å². The van der Waals surface area contributed by atoms with E-state index in [1.165, 1.54) is 5.56 Å². The lowest BCUT2D eigenvalue weighted by molar-refractivity contribution is -0.108. The highest BCUT2D eigenvalue weighted by molar-refractivity contribution is 5.68. The molecule has 4 heteroatoms. The lowest BCUT2D eigenvalue weighted by Crippen LogP contribution is -2.42. The van der Waals surface area contributed by atoms with Crippen LogP contribution < -0.4 is 5.32 Å². The average Bonchev–Trinajstić information content (AvgIpc) is 2.41. The van der Waals surface area contributed by atoms with Gasteiger partial charge < -0.3 is 14.8 Å². The van der Waals surface area contributed by atoms with Crippen molar-refractivity contribution in [1.82, 2.24) is 5.32 Å². The lowest BCUT2D eigenvalue weighted by Gasteiger charge is -2.23. The highest BCUT2D eigenvalue weighted by Gasteiger charge is 2.19. The second-order valence-electron chi connectivity index (χ2n) is 6.17. The molecule has 21 heavy (non-hydrogen) atoms. The third-order valence-electron chi connectivity index (χ3n) is 2.96. The van der Waals surface area contributed by atoms with E-state index in [2.05, 4.69) is 5.32 Å². The zero-order valence-corrected chi connectivity index (χ0v) is 13.1. The maximum Gasteiger partial charge on any atom is 0.407 e. The van der Waals surface area contributed by atoms with Gasteiger partial charge in [-0.1, -0.05) is 30.3 Å². The van der Waals surface area contributed by atoms with Crippen molar-refractivity contribution in [2.45, 2.75) is 58.1 Å². The summed E-state index contributed by atoms with van der Waals surface area (Å²) in [6.45, 7) is 5.70. The number of alkyl carbamates (subject to hydrolysis) is 1. The molecule has 1 N–H and O–H groups in total. The summed E-state index contributed by atoms with van der Waals surface area (Å²) in [7, 11) is 0. The summed E-state index contributed by atoms with van der Waals surface area (Å²) in [6, 6.07) is 10.0. The SMILES string of the molecule is CC(C)(C)NC(=O)OC(CCC=O)CCc1ccccc1. The number of amides is 1. The molecule has 1 unspecified atom stereocenters. The van der Waals surface area contributed by atoms with E-state index in [9.17, 15) is 9.59 Å². The van der Waals surface area contributed by atoms with Gasteiger partial charge >= 0.3 is 6.09 Å². The van der Waals surface area contributed by atoms with Gasteiger partial charge in [-0.25, -0.2) is 4.79 Å². The molecule has 0 fully saturated rings. The maximum absolute atomic E-state index is 11.8. The van der Waals surface area contributed by atoms with Crippen LogP contribution in [0.5, 0.6) is 0 Å². The smallest absolute Gasteiger partial charge is 0.407 e. The Morgan fingerprint density at radius 3 is 2.48 bits per heavy atom. The molecule has 1 aromatic carbocycles. The first-order valence-electron chi connectivity index (χ1n) is 7.37. The van der Waals surface area contributed by atoms with E-state index >= 15 is 0 Å². The van der Waals surface area contributed by atoms with Crippen molar-refractivity contribution < 1.29 is 14.3 Å². The molecule has 0 aromatic heterocycles. The van der Waals surface area contributed by atoms with Crippen LogP contribution in [0.15, 0.2) is 30.3 Å². The summed E-state index contributed by atoms with van der Waals surface area (Å²) in [6.07, 6.45) is 2.71. The highest BCUT2D eigenvalue weighted by atomic mass is 16.6. The number of nitrogens with one attached hydrogen (secondary N) is 1. The molecule has 0 spiro atoms. The van der Waals surface area contributed by atoms with Gasteiger partial charge in [0.25, 0.3) is 0 Å². The lowest BCUT2D eigenvalue weighted by atomic mass is 10.0. The molecule has 0 bridgehead atoms. The van der Waals surface area contributed by atoms with Crippen molar-refractivity contribution in [1.29, 1.82) is 0 Å². The first-order valence-corrected chi connectivity index (χ1v) is 7.37. The van der Waals surface area contributed by atoms with Crippen molar-refractivity contribution in [3.63, 3.8) is 0 Å². The molecular weight excluding hydrogens is 266 g/mol. The van der Waals surface area contributed by atoms with Crippen molar-refractivity contribution in [2.75, 3.05) is 0 Å². The van der Waals surface area contributed by atoms with Gasteiger partial charge in [0.05, 0.1) is 0 Å². The van der Waals surface area contributed by atoms with Crippen LogP contribution in [0.25, 0.3) is 0 Å². The van der Waals surface area contributed by atoms with E-state index in [1.807, 2.05) is 51.1 Å². The second kappa shape index (κ2) is 8.45. The van der Waals surface area contributed by atoms with Crippen LogP contribution in [0.1, 0.15) is 45.6 Å². The normalized spacial score (nSPS) is 12.5. The third-order valence-corrected chi connectivity index (χ3v) is 2.96. The number of carbonyl (C=O) groups excluding carboxylic acids is 2. The molecular formula is C17H25NO3. The third kappa shape index (κ3) is 8.12. The van der Waals surface area contributed by atoms with Crippen LogP contribution >= 0.6 is 0 Å². The fourth-order valence-corrected chi connectivity index (χ4v) is 1.98. The zero-order chi connectivity index (χ0) is 15.7. The van der Waals surface area contributed by atoms with Crippen molar-refractivity contribution >= 4 is 12.4 Å². The monoisotopic (exact) mass is 291 g/mol. The van der Waals surface area contributed by atoms with Crippen LogP contribution in [0.2, 0.25) is 0 Å².